The molecule has 1 amide bonds. The van der Waals surface area contributed by atoms with Crippen LogP contribution >= 0.6 is 11.3 Å². The summed E-state index contributed by atoms with van der Waals surface area (Å²) in [6, 6.07) is 11.2. The first-order valence-electron chi connectivity index (χ1n) is 9.22. The summed E-state index contributed by atoms with van der Waals surface area (Å²) in [7, 11) is 1.60. The second kappa shape index (κ2) is 9.84. The summed E-state index contributed by atoms with van der Waals surface area (Å²) in [6.07, 6.45) is 4.89. The Morgan fingerprint density at radius 1 is 1.21 bits per heavy atom. The van der Waals surface area contributed by atoms with E-state index < -0.39 is 0 Å². The second-order valence-corrected chi connectivity index (χ2v) is 7.55. The van der Waals surface area contributed by atoms with Crippen molar-refractivity contribution in [2.45, 2.75) is 13.8 Å². The van der Waals surface area contributed by atoms with Gasteiger partial charge in [-0.1, -0.05) is 26.0 Å². The van der Waals surface area contributed by atoms with Crippen molar-refractivity contribution in [3.63, 3.8) is 0 Å². The van der Waals surface area contributed by atoms with E-state index in [-0.39, 0.29) is 5.91 Å². The number of rotatable bonds is 8. The number of nitrogens with zero attached hydrogens (tertiary/aromatic N) is 2. The highest BCUT2D eigenvalue weighted by Gasteiger charge is 2.08. The lowest BCUT2D eigenvalue weighted by Gasteiger charge is -2.12. The number of anilines is 1. The van der Waals surface area contributed by atoms with Gasteiger partial charge in [0.2, 0.25) is 5.91 Å². The minimum atomic E-state index is -0.258. The molecule has 0 atom stereocenters. The van der Waals surface area contributed by atoms with Crippen molar-refractivity contribution in [1.82, 2.24) is 9.97 Å². The fourth-order valence-electron chi connectivity index (χ4n) is 2.45. The molecule has 29 heavy (non-hydrogen) atoms. The molecule has 2 aromatic heterocycles. The van der Waals surface area contributed by atoms with Crippen LogP contribution in [-0.2, 0) is 4.79 Å². The number of carbonyl (C=O) groups excluding carboxylic acids is 1. The number of thiazole rings is 1. The van der Waals surface area contributed by atoms with Crippen LogP contribution in [0, 0.1) is 5.92 Å². The van der Waals surface area contributed by atoms with Crippen LogP contribution in [0.5, 0.6) is 11.5 Å². The maximum atomic E-state index is 12.2. The molecular weight excluding hydrogens is 386 g/mol. The molecule has 0 saturated carbocycles. The zero-order valence-electron chi connectivity index (χ0n) is 16.6. The SMILES string of the molecule is COc1cc(/C=C/C(=O)Nc2nc(-c3ccccn3)cs2)ccc1OCC(C)C. The summed E-state index contributed by atoms with van der Waals surface area (Å²) in [6.45, 7) is 4.79. The van der Waals surface area contributed by atoms with Crippen molar-refractivity contribution in [3.05, 3.63) is 59.6 Å². The summed E-state index contributed by atoms with van der Waals surface area (Å²) in [5.74, 6) is 1.49. The van der Waals surface area contributed by atoms with E-state index in [4.69, 9.17) is 9.47 Å². The molecule has 3 rings (SSSR count). The van der Waals surface area contributed by atoms with Crippen LogP contribution in [0.15, 0.2) is 54.1 Å². The number of pyridine rings is 1. The Hall–Kier alpha value is -3.19. The number of carbonyl (C=O) groups is 1. The third-order valence-electron chi connectivity index (χ3n) is 3.85. The van der Waals surface area contributed by atoms with Crippen molar-refractivity contribution < 1.29 is 14.3 Å². The first kappa shape index (κ1) is 20.5. The first-order chi connectivity index (χ1) is 14.0. The number of amides is 1. The predicted octanol–water partition coefficient (Wildman–Crippen LogP) is 4.90. The van der Waals surface area contributed by atoms with Gasteiger partial charge >= 0.3 is 0 Å². The smallest absolute Gasteiger partial charge is 0.250 e. The zero-order valence-corrected chi connectivity index (χ0v) is 17.4. The number of ether oxygens (including phenoxy) is 2. The molecule has 0 unspecified atom stereocenters. The van der Waals surface area contributed by atoms with Crippen LogP contribution in [0.25, 0.3) is 17.5 Å². The van der Waals surface area contributed by atoms with Crippen LogP contribution in [0.3, 0.4) is 0 Å². The summed E-state index contributed by atoms with van der Waals surface area (Å²) in [4.78, 5) is 20.9. The normalized spacial score (nSPS) is 11.0. The Morgan fingerprint density at radius 3 is 2.79 bits per heavy atom. The van der Waals surface area contributed by atoms with E-state index in [1.807, 2.05) is 41.8 Å². The summed E-state index contributed by atoms with van der Waals surface area (Å²) >= 11 is 1.36. The van der Waals surface area contributed by atoms with Gasteiger partial charge in [0.1, 0.15) is 5.69 Å². The molecule has 150 valence electrons. The van der Waals surface area contributed by atoms with E-state index in [0.717, 1.165) is 17.0 Å². The van der Waals surface area contributed by atoms with E-state index in [1.54, 1.807) is 19.4 Å². The van der Waals surface area contributed by atoms with Crippen LogP contribution in [0.2, 0.25) is 0 Å². The Bertz CT molecular complexity index is 984. The molecule has 0 radical (unpaired) electrons. The van der Waals surface area contributed by atoms with Gasteiger partial charge in [-0.25, -0.2) is 4.98 Å². The lowest BCUT2D eigenvalue weighted by molar-refractivity contribution is -0.111. The quantitative estimate of drug-likeness (QED) is 0.536. The molecule has 7 heteroatoms. The molecule has 2 heterocycles. The van der Waals surface area contributed by atoms with Gasteiger partial charge in [-0.15, -0.1) is 11.3 Å². The van der Waals surface area contributed by atoms with E-state index >= 15 is 0 Å². The van der Waals surface area contributed by atoms with Gasteiger partial charge in [0.05, 0.1) is 19.4 Å². The largest absolute Gasteiger partial charge is 0.493 e. The standard InChI is InChI=1S/C22H23N3O3S/c1-15(2)13-28-19-9-7-16(12-20(19)27-3)8-10-21(26)25-22-24-18(14-29-22)17-6-4-5-11-23-17/h4-12,14-15H,13H2,1-3H3,(H,24,25,26)/b10-8+. The minimum Gasteiger partial charge on any atom is -0.493 e. The van der Waals surface area contributed by atoms with E-state index in [2.05, 4.69) is 29.1 Å². The minimum absolute atomic E-state index is 0.258. The maximum absolute atomic E-state index is 12.2. The summed E-state index contributed by atoms with van der Waals surface area (Å²) < 4.78 is 11.1. The molecule has 0 aliphatic heterocycles. The van der Waals surface area contributed by atoms with Crippen LogP contribution in [0.1, 0.15) is 19.4 Å². The highest BCUT2D eigenvalue weighted by atomic mass is 32.1. The molecule has 3 aromatic rings. The summed E-state index contributed by atoms with van der Waals surface area (Å²) in [5.41, 5.74) is 2.34. The van der Waals surface area contributed by atoms with E-state index in [1.165, 1.54) is 17.4 Å². The molecule has 6 nitrogen and oxygen atoms in total. The number of hydrogen-bond acceptors (Lipinski definition) is 6. The highest BCUT2D eigenvalue weighted by molar-refractivity contribution is 7.14. The van der Waals surface area contributed by atoms with Gasteiger partial charge in [0.25, 0.3) is 0 Å². The third kappa shape index (κ3) is 5.89. The van der Waals surface area contributed by atoms with Crippen molar-refractivity contribution in [2.24, 2.45) is 5.92 Å². The average Bonchev–Trinajstić information content (AvgIpc) is 3.20. The number of aromatic nitrogens is 2. The van der Waals surface area contributed by atoms with Gasteiger partial charge in [-0.3, -0.25) is 15.1 Å². The lowest BCUT2D eigenvalue weighted by Crippen LogP contribution is -2.07. The van der Waals surface area contributed by atoms with Crippen LogP contribution < -0.4 is 14.8 Å². The topological polar surface area (TPSA) is 73.3 Å². The zero-order chi connectivity index (χ0) is 20.6. The molecular formula is C22H23N3O3S. The van der Waals surface area contributed by atoms with Crippen LogP contribution in [0.4, 0.5) is 5.13 Å². The fourth-order valence-corrected chi connectivity index (χ4v) is 3.15. The van der Waals surface area contributed by atoms with Gasteiger partial charge < -0.3 is 9.47 Å². The maximum Gasteiger partial charge on any atom is 0.250 e. The lowest BCUT2D eigenvalue weighted by atomic mass is 10.2. The van der Waals surface area contributed by atoms with Crippen molar-refractivity contribution in [2.75, 3.05) is 19.0 Å². The van der Waals surface area contributed by atoms with Crippen molar-refractivity contribution in [1.29, 1.82) is 0 Å². The fraction of sp³-hybridized carbons (Fsp3) is 0.227. The molecule has 1 N–H and O–H groups in total. The highest BCUT2D eigenvalue weighted by Crippen LogP contribution is 2.29. The molecule has 0 aliphatic carbocycles. The number of methoxy groups -OCH3 is 1. The van der Waals surface area contributed by atoms with Gasteiger partial charge in [-0.2, -0.15) is 0 Å². The first-order valence-corrected chi connectivity index (χ1v) is 10.1. The Labute approximate surface area is 174 Å². The Balaban J connectivity index is 1.62. The van der Waals surface area contributed by atoms with Crippen molar-refractivity contribution >= 4 is 28.5 Å². The van der Waals surface area contributed by atoms with Gasteiger partial charge in [0.15, 0.2) is 16.6 Å². The van der Waals surface area contributed by atoms with Crippen LogP contribution in [-0.4, -0.2) is 29.6 Å². The van der Waals surface area contributed by atoms with Gasteiger partial charge in [-0.05, 0) is 41.8 Å². The molecule has 0 bridgehead atoms. The Kier molecular flexibility index (Phi) is 6.97. The van der Waals surface area contributed by atoms with E-state index in [0.29, 0.717) is 29.2 Å². The summed E-state index contributed by atoms with van der Waals surface area (Å²) in [5, 5.41) is 5.16. The molecule has 0 aliphatic rings. The van der Waals surface area contributed by atoms with Gasteiger partial charge in [0, 0.05) is 17.7 Å². The molecule has 0 saturated heterocycles. The predicted molar refractivity (Wildman–Crippen MR) is 116 cm³/mol. The van der Waals surface area contributed by atoms with E-state index in [9.17, 15) is 4.79 Å². The average molecular weight is 410 g/mol. The molecule has 0 spiro atoms. The molecule has 0 fully saturated rings. The Morgan fingerprint density at radius 2 is 2.07 bits per heavy atom. The number of benzene rings is 1. The van der Waals surface area contributed by atoms with Crippen molar-refractivity contribution in [3.8, 4) is 22.9 Å². The number of nitrogens with one attached hydrogen (secondary N) is 1. The monoisotopic (exact) mass is 409 g/mol. The second-order valence-electron chi connectivity index (χ2n) is 6.69. The number of hydrogen-bond donors (Lipinski definition) is 1. The molecule has 1 aromatic carbocycles. The third-order valence-corrected chi connectivity index (χ3v) is 4.61.